The molecule has 1 atom stereocenters. The van der Waals surface area contributed by atoms with Crippen molar-refractivity contribution < 1.29 is 9.90 Å². The zero-order valence-corrected chi connectivity index (χ0v) is 8.66. The fraction of sp³-hybridized carbons (Fsp3) is 0.417. The minimum atomic E-state index is -0.726. The first-order valence-electron chi connectivity index (χ1n) is 4.94. The molecule has 0 bridgehead atoms. The number of benzene rings is 1. The van der Waals surface area contributed by atoms with E-state index < -0.39 is 5.97 Å². The Morgan fingerprint density at radius 1 is 1.36 bits per heavy atom. The van der Waals surface area contributed by atoms with Crippen molar-refractivity contribution in [1.29, 1.82) is 0 Å². The number of hydrogen-bond acceptors (Lipinski definition) is 1. The van der Waals surface area contributed by atoms with Gasteiger partial charge in [-0.15, -0.1) is 0 Å². The van der Waals surface area contributed by atoms with E-state index in [0.29, 0.717) is 6.42 Å². The van der Waals surface area contributed by atoms with Crippen LogP contribution in [0.2, 0.25) is 0 Å². The molecule has 0 spiro atoms. The van der Waals surface area contributed by atoms with Gasteiger partial charge in [-0.1, -0.05) is 43.2 Å². The predicted molar refractivity (Wildman–Crippen MR) is 56.5 cm³/mol. The summed E-state index contributed by atoms with van der Waals surface area (Å²) in [4.78, 5) is 11.0. The molecular formula is C12H16O2. The van der Waals surface area contributed by atoms with Gasteiger partial charge in [0.25, 0.3) is 0 Å². The van der Waals surface area contributed by atoms with Crippen LogP contribution in [0.5, 0.6) is 0 Å². The zero-order chi connectivity index (χ0) is 10.6. The van der Waals surface area contributed by atoms with Crippen LogP contribution in [0.3, 0.4) is 0 Å². The third kappa shape index (κ3) is 2.59. The number of aryl methyl sites for hydroxylation is 1. The van der Waals surface area contributed by atoms with Crippen molar-refractivity contribution in [1.82, 2.24) is 0 Å². The highest BCUT2D eigenvalue weighted by molar-refractivity contribution is 5.76. The Bertz CT molecular complexity index is 301. The summed E-state index contributed by atoms with van der Waals surface area (Å²) in [6.07, 6.45) is 1.60. The van der Waals surface area contributed by atoms with Crippen LogP contribution in [0.15, 0.2) is 24.3 Å². The summed E-state index contributed by atoms with van der Waals surface area (Å²) in [5, 5.41) is 9.03. The first-order valence-corrected chi connectivity index (χ1v) is 4.94. The second kappa shape index (κ2) is 4.80. The van der Waals surface area contributed by atoms with Crippen LogP contribution in [0.4, 0.5) is 0 Å². The summed E-state index contributed by atoms with van der Waals surface area (Å²) in [6, 6.07) is 7.73. The van der Waals surface area contributed by atoms with Gasteiger partial charge in [0.15, 0.2) is 0 Å². The molecule has 0 saturated heterocycles. The van der Waals surface area contributed by atoms with E-state index in [1.54, 1.807) is 0 Å². The number of aliphatic carboxylic acids is 1. The summed E-state index contributed by atoms with van der Waals surface area (Å²) in [5.74, 6) is -1.07. The van der Waals surface area contributed by atoms with Crippen LogP contribution in [-0.2, 0) is 4.79 Å². The Morgan fingerprint density at radius 2 is 1.93 bits per heavy atom. The fourth-order valence-electron chi connectivity index (χ4n) is 1.52. The lowest BCUT2D eigenvalue weighted by atomic mass is 9.94. The van der Waals surface area contributed by atoms with E-state index in [1.807, 2.05) is 38.1 Å². The van der Waals surface area contributed by atoms with Gasteiger partial charge >= 0.3 is 5.97 Å². The molecule has 1 unspecified atom stereocenters. The van der Waals surface area contributed by atoms with Gasteiger partial charge in [-0.25, -0.2) is 0 Å². The molecule has 76 valence electrons. The standard InChI is InChI=1S/C12H16O2/c1-3-4-11(12(13)14)10-7-5-9(2)6-8-10/h5-8,11H,3-4H2,1-2H3,(H,13,14). The third-order valence-corrected chi connectivity index (χ3v) is 2.36. The second-order valence-electron chi connectivity index (χ2n) is 3.59. The van der Waals surface area contributed by atoms with Crippen LogP contribution in [0.25, 0.3) is 0 Å². The summed E-state index contributed by atoms with van der Waals surface area (Å²) in [5.41, 5.74) is 2.07. The number of carbonyl (C=O) groups is 1. The van der Waals surface area contributed by atoms with Crippen LogP contribution < -0.4 is 0 Å². The lowest BCUT2D eigenvalue weighted by molar-refractivity contribution is -0.139. The molecule has 0 heterocycles. The van der Waals surface area contributed by atoms with Gasteiger partial charge in [-0.3, -0.25) is 4.79 Å². The lowest BCUT2D eigenvalue weighted by Gasteiger charge is -2.11. The fourth-order valence-corrected chi connectivity index (χ4v) is 1.52. The van der Waals surface area contributed by atoms with E-state index in [0.717, 1.165) is 17.5 Å². The Morgan fingerprint density at radius 3 is 2.36 bits per heavy atom. The van der Waals surface area contributed by atoms with Crippen molar-refractivity contribution in [3.63, 3.8) is 0 Å². The Kier molecular flexibility index (Phi) is 3.69. The van der Waals surface area contributed by atoms with E-state index in [-0.39, 0.29) is 5.92 Å². The molecule has 1 N–H and O–H groups in total. The Hall–Kier alpha value is -1.31. The number of carboxylic acids is 1. The monoisotopic (exact) mass is 192 g/mol. The molecule has 0 aliphatic heterocycles. The van der Waals surface area contributed by atoms with Crippen LogP contribution in [-0.4, -0.2) is 11.1 Å². The van der Waals surface area contributed by atoms with Gasteiger partial charge in [0.2, 0.25) is 0 Å². The quantitative estimate of drug-likeness (QED) is 0.796. The molecular weight excluding hydrogens is 176 g/mol. The maximum Gasteiger partial charge on any atom is 0.310 e. The van der Waals surface area contributed by atoms with E-state index in [4.69, 9.17) is 5.11 Å². The van der Waals surface area contributed by atoms with Crippen LogP contribution >= 0.6 is 0 Å². The minimum Gasteiger partial charge on any atom is -0.481 e. The molecule has 2 nitrogen and oxygen atoms in total. The van der Waals surface area contributed by atoms with Crippen molar-refractivity contribution in [3.8, 4) is 0 Å². The lowest BCUT2D eigenvalue weighted by Crippen LogP contribution is -2.11. The molecule has 1 aromatic rings. The van der Waals surface area contributed by atoms with Gasteiger partial charge in [0.1, 0.15) is 0 Å². The van der Waals surface area contributed by atoms with Gasteiger partial charge in [-0.2, -0.15) is 0 Å². The largest absolute Gasteiger partial charge is 0.481 e. The van der Waals surface area contributed by atoms with E-state index in [9.17, 15) is 4.79 Å². The molecule has 1 rings (SSSR count). The number of rotatable bonds is 4. The SMILES string of the molecule is CCCC(C(=O)O)c1ccc(C)cc1. The minimum absolute atomic E-state index is 0.347. The Labute approximate surface area is 84.6 Å². The van der Waals surface area contributed by atoms with E-state index in [2.05, 4.69) is 0 Å². The second-order valence-corrected chi connectivity index (χ2v) is 3.59. The first-order chi connectivity index (χ1) is 6.65. The molecule has 0 saturated carbocycles. The topological polar surface area (TPSA) is 37.3 Å². The zero-order valence-electron chi connectivity index (χ0n) is 8.66. The molecule has 0 radical (unpaired) electrons. The van der Waals surface area contributed by atoms with Crippen molar-refractivity contribution >= 4 is 5.97 Å². The summed E-state index contributed by atoms with van der Waals surface area (Å²) < 4.78 is 0. The summed E-state index contributed by atoms with van der Waals surface area (Å²) in [7, 11) is 0. The van der Waals surface area contributed by atoms with Gasteiger partial charge in [-0.05, 0) is 18.9 Å². The van der Waals surface area contributed by atoms with Crippen LogP contribution in [0.1, 0.15) is 36.8 Å². The van der Waals surface area contributed by atoms with Crippen molar-refractivity contribution in [3.05, 3.63) is 35.4 Å². The first kappa shape index (κ1) is 10.8. The van der Waals surface area contributed by atoms with Gasteiger partial charge < -0.3 is 5.11 Å². The van der Waals surface area contributed by atoms with Gasteiger partial charge in [0.05, 0.1) is 5.92 Å². The molecule has 0 aliphatic carbocycles. The molecule has 14 heavy (non-hydrogen) atoms. The van der Waals surface area contributed by atoms with Crippen molar-refractivity contribution in [2.24, 2.45) is 0 Å². The summed E-state index contributed by atoms with van der Waals surface area (Å²) in [6.45, 7) is 4.00. The average Bonchev–Trinajstić information content (AvgIpc) is 2.15. The highest BCUT2D eigenvalue weighted by atomic mass is 16.4. The third-order valence-electron chi connectivity index (χ3n) is 2.36. The highest BCUT2D eigenvalue weighted by Gasteiger charge is 2.17. The summed E-state index contributed by atoms with van der Waals surface area (Å²) >= 11 is 0. The molecule has 1 aromatic carbocycles. The predicted octanol–water partition coefficient (Wildman–Crippen LogP) is 2.96. The normalized spacial score (nSPS) is 12.4. The molecule has 2 heteroatoms. The smallest absolute Gasteiger partial charge is 0.310 e. The number of hydrogen-bond donors (Lipinski definition) is 1. The van der Waals surface area contributed by atoms with Gasteiger partial charge in [0, 0.05) is 0 Å². The Balaban J connectivity index is 2.87. The van der Waals surface area contributed by atoms with E-state index >= 15 is 0 Å². The number of carboxylic acid groups (broad SMARTS) is 1. The van der Waals surface area contributed by atoms with Crippen molar-refractivity contribution in [2.45, 2.75) is 32.6 Å². The van der Waals surface area contributed by atoms with Crippen molar-refractivity contribution in [2.75, 3.05) is 0 Å². The van der Waals surface area contributed by atoms with Crippen LogP contribution in [0, 0.1) is 6.92 Å². The molecule has 0 aliphatic rings. The maximum atomic E-state index is 11.0. The average molecular weight is 192 g/mol. The van der Waals surface area contributed by atoms with E-state index in [1.165, 1.54) is 0 Å². The maximum absolute atomic E-state index is 11.0. The molecule has 0 amide bonds. The highest BCUT2D eigenvalue weighted by Crippen LogP contribution is 2.21. The molecule has 0 aromatic heterocycles. The molecule has 0 fully saturated rings.